The first-order valence-corrected chi connectivity index (χ1v) is 5.59. The molecule has 1 aromatic heterocycles. The maximum absolute atomic E-state index is 11.3. The molecular weight excluding hydrogens is 214 g/mol. The van der Waals surface area contributed by atoms with Crippen LogP contribution in [0.1, 0.15) is 42.0 Å². The number of hydrogen-bond acceptors (Lipinski definition) is 5. The number of nitrogens with zero attached hydrogens (tertiary/aromatic N) is 1. The molecule has 1 aromatic rings. The fourth-order valence-corrected chi connectivity index (χ4v) is 2.43. The molecule has 1 aliphatic heterocycles. The number of ether oxygens (including phenoxy) is 1. The van der Waals surface area contributed by atoms with Crippen LogP contribution in [0.3, 0.4) is 0 Å². The molecule has 2 rings (SSSR count). The van der Waals surface area contributed by atoms with Crippen molar-refractivity contribution in [3.8, 4) is 0 Å². The van der Waals surface area contributed by atoms with Crippen molar-refractivity contribution in [2.45, 2.75) is 32.1 Å². The van der Waals surface area contributed by atoms with Crippen molar-refractivity contribution >= 4 is 23.3 Å². The van der Waals surface area contributed by atoms with E-state index in [2.05, 4.69) is 9.72 Å². The zero-order valence-electron chi connectivity index (χ0n) is 8.52. The highest BCUT2D eigenvalue weighted by Gasteiger charge is 2.36. The Kier molecular flexibility index (Phi) is 2.56. The minimum Gasteiger partial charge on any atom is -0.393 e. The van der Waals surface area contributed by atoms with Gasteiger partial charge in [-0.3, -0.25) is 9.59 Å². The van der Waals surface area contributed by atoms with Gasteiger partial charge in [0, 0.05) is 17.0 Å². The summed E-state index contributed by atoms with van der Waals surface area (Å²) in [6, 6.07) is 0. The summed E-state index contributed by atoms with van der Waals surface area (Å²) in [5, 5.41) is 0.983. The molecule has 0 aromatic carbocycles. The molecule has 1 unspecified atom stereocenters. The maximum atomic E-state index is 11.3. The quantitative estimate of drug-likeness (QED) is 0.569. The summed E-state index contributed by atoms with van der Waals surface area (Å²) in [5.41, 5.74) is 0. The van der Waals surface area contributed by atoms with Crippen LogP contribution < -0.4 is 0 Å². The third-order valence-corrected chi connectivity index (χ3v) is 3.66. The molecule has 1 aliphatic rings. The first kappa shape index (κ1) is 10.3. The molecule has 4 nitrogen and oxygen atoms in total. The van der Waals surface area contributed by atoms with Crippen LogP contribution in [0.15, 0.2) is 6.20 Å². The number of aromatic nitrogens is 1. The van der Waals surface area contributed by atoms with Crippen molar-refractivity contribution in [3.05, 3.63) is 16.1 Å². The standard InChI is InChI=1S/C10H11NO3S/c1-5(2)9-11-4-7(15-9)6-3-8(12)14-10(6)13/h4-6H,3H2,1-2H3. The minimum absolute atomic E-state index is 0.151. The fourth-order valence-electron chi connectivity index (χ4n) is 1.42. The van der Waals surface area contributed by atoms with Gasteiger partial charge in [-0.05, 0) is 0 Å². The van der Waals surface area contributed by atoms with Gasteiger partial charge in [-0.2, -0.15) is 0 Å². The largest absolute Gasteiger partial charge is 0.393 e. The third kappa shape index (κ3) is 1.92. The van der Waals surface area contributed by atoms with E-state index in [0.717, 1.165) is 9.88 Å². The highest BCUT2D eigenvalue weighted by Crippen LogP contribution is 2.33. The minimum atomic E-state index is -0.445. The summed E-state index contributed by atoms with van der Waals surface area (Å²) in [6.45, 7) is 4.08. The van der Waals surface area contributed by atoms with Gasteiger partial charge in [0.2, 0.25) is 0 Å². The summed E-state index contributed by atoms with van der Waals surface area (Å²) in [6.07, 6.45) is 1.82. The van der Waals surface area contributed by atoms with Crippen LogP contribution in [-0.2, 0) is 14.3 Å². The van der Waals surface area contributed by atoms with E-state index in [9.17, 15) is 9.59 Å². The van der Waals surface area contributed by atoms with Crippen LogP contribution in [0, 0.1) is 0 Å². The third-order valence-electron chi connectivity index (χ3n) is 2.25. The van der Waals surface area contributed by atoms with Crippen LogP contribution in [0.2, 0.25) is 0 Å². The number of carbonyl (C=O) groups excluding carboxylic acids is 2. The molecule has 0 spiro atoms. The normalized spacial score (nSPS) is 21.1. The number of hydrogen-bond donors (Lipinski definition) is 0. The molecule has 80 valence electrons. The van der Waals surface area contributed by atoms with E-state index in [4.69, 9.17) is 0 Å². The molecular formula is C10H11NO3S. The number of cyclic esters (lactones) is 2. The molecule has 1 saturated heterocycles. The van der Waals surface area contributed by atoms with Gasteiger partial charge in [-0.15, -0.1) is 11.3 Å². The topological polar surface area (TPSA) is 56.3 Å². The van der Waals surface area contributed by atoms with E-state index in [0.29, 0.717) is 5.92 Å². The molecule has 0 bridgehead atoms. The lowest BCUT2D eigenvalue weighted by atomic mass is 10.1. The van der Waals surface area contributed by atoms with Crippen molar-refractivity contribution in [1.29, 1.82) is 0 Å². The van der Waals surface area contributed by atoms with Crippen LogP contribution in [0.5, 0.6) is 0 Å². The Morgan fingerprint density at radius 1 is 1.53 bits per heavy atom. The van der Waals surface area contributed by atoms with Crippen molar-refractivity contribution in [2.75, 3.05) is 0 Å². The van der Waals surface area contributed by atoms with Crippen LogP contribution in [-0.4, -0.2) is 16.9 Å². The summed E-state index contributed by atoms with van der Waals surface area (Å²) >= 11 is 1.48. The SMILES string of the molecule is CC(C)c1ncc(C2CC(=O)OC2=O)s1. The van der Waals surface area contributed by atoms with E-state index in [-0.39, 0.29) is 6.42 Å². The Morgan fingerprint density at radius 2 is 2.27 bits per heavy atom. The molecule has 1 atom stereocenters. The molecule has 5 heteroatoms. The summed E-state index contributed by atoms with van der Waals surface area (Å²) in [7, 11) is 0. The lowest BCUT2D eigenvalue weighted by Gasteiger charge is -1.99. The van der Waals surface area contributed by atoms with Gasteiger partial charge >= 0.3 is 11.9 Å². The van der Waals surface area contributed by atoms with Crippen molar-refractivity contribution in [1.82, 2.24) is 4.98 Å². The smallest absolute Gasteiger partial charge is 0.322 e. The van der Waals surface area contributed by atoms with E-state index in [1.807, 2.05) is 13.8 Å². The monoisotopic (exact) mass is 225 g/mol. The Morgan fingerprint density at radius 3 is 2.73 bits per heavy atom. The second-order valence-electron chi connectivity index (χ2n) is 3.81. The number of thiazole rings is 1. The summed E-state index contributed by atoms with van der Waals surface area (Å²) < 4.78 is 4.50. The average molecular weight is 225 g/mol. The van der Waals surface area contributed by atoms with Crippen LogP contribution in [0.4, 0.5) is 0 Å². The zero-order chi connectivity index (χ0) is 11.0. The van der Waals surface area contributed by atoms with Gasteiger partial charge in [0.25, 0.3) is 0 Å². The molecule has 0 amide bonds. The molecule has 0 saturated carbocycles. The van der Waals surface area contributed by atoms with E-state index >= 15 is 0 Å². The molecule has 15 heavy (non-hydrogen) atoms. The van der Waals surface area contributed by atoms with Crippen molar-refractivity contribution in [2.24, 2.45) is 0 Å². The van der Waals surface area contributed by atoms with Gasteiger partial charge in [-0.1, -0.05) is 13.8 Å². The summed E-state index contributed by atoms with van der Waals surface area (Å²) in [4.78, 5) is 27.3. The Hall–Kier alpha value is -1.23. The zero-order valence-corrected chi connectivity index (χ0v) is 9.34. The van der Waals surface area contributed by atoms with Crippen LogP contribution in [0.25, 0.3) is 0 Å². The van der Waals surface area contributed by atoms with E-state index < -0.39 is 17.9 Å². The number of carbonyl (C=O) groups is 2. The predicted molar refractivity (Wildman–Crippen MR) is 54.7 cm³/mol. The fraction of sp³-hybridized carbons (Fsp3) is 0.500. The first-order chi connectivity index (χ1) is 7.08. The molecule has 1 fully saturated rings. The first-order valence-electron chi connectivity index (χ1n) is 4.78. The van der Waals surface area contributed by atoms with Gasteiger partial charge in [0.15, 0.2) is 0 Å². The highest BCUT2D eigenvalue weighted by molar-refractivity contribution is 7.11. The molecule has 0 N–H and O–H groups in total. The van der Waals surface area contributed by atoms with Crippen molar-refractivity contribution in [3.63, 3.8) is 0 Å². The lowest BCUT2D eigenvalue weighted by molar-refractivity contribution is -0.152. The van der Waals surface area contributed by atoms with E-state index in [1.165, 1.54) is 11.3 Å². The average Bonchev–Trinajstić information content (AvgIpc) is 2.71. The van der Waals surface area contributed by atoms with Gasteiger partial charge in [-0.25, -0.2) is 4.98 Å². The second kappa shape index (κ2) is 3.73. The highest BCUT2D eigenvalue weighted by atomic mass is 32.1. The van der Waals surface area contributed by atoms with Gasteiger partial charge < -0.3 is 4.74 Å². The Balaban J connectivity index is 2.23. The lowest BCUT2D eigenvalue weighted by Crippen LogP contribution is -2.03. The Bertz CT molecular complexity index is 411. The number of rotatable bonds is 2. The Labute approximate surface area is 91.3 Å². The van der Waals surface area contributed by atoms with Gasteiger partial charge in [0.05, 0.1) is 11.4 Å². The van der Waals surface area contributed by atoms with E-state index in [1.54, 1.807) is 6.20 Å². The molecule has 0 radical (unpaired) electrons. The van der Waals surface area contributed by atoms with Gasteiger partial charge in [0.1, 0.15) is 5.92 Å². The number of esters is 2. The van der Waals surface area contributed by atoms with Crippen LogP contribution >= 0.6 is 11.3 Å². The molecule has 2 heterocycles. The molecule has 0 aliphatic carbocycles. The second-order valence-corrected chi connectivity index (χ2v) is 4.90. The van der Waals surface area contributed by atoms with Crippen molar-refractivity contribution < 1.29 is 14.3 Å². The maximum Gasteiger partial charge on any atom is 0.322 e. The predicted octanol–water partition coefficient (Wildman–Crippen LogP) is 1.82. The summed E-state index contributed by atoms with van der Waals surface area (Å²) in [5.74, 6) is -0.970.